The second-order valence-corrected chi connectivity index (χ2v) is 5.39. The molecule has 0 aliphatic heterocycles. The Balaban J connectivity index is 2.31. The van der Waals surface area contributed by atoms with Gasteiger partial charge in [0.25, 0.3) is 0 Å². The van der Waals surface area contributed by atoms with Crippen molar-refractivity contribution in [1.29, 1.82) is 0 Å². The normalized spacial score (nSPS) is 16.1. The van der Waals surface area contributed by atoms with Crippen LogP contribution in [0.15, 0.2) is 18.2 Å². The molecule has 112 valence electrons. The van der Waals surface area contributed by atoms with Gasteiger partial charge in [0.1, 0.15) is 0 Å². The molecule has 0 heterocycles. The van der Waals surface area contributed by atoms with Crippen LogP contribution in [-0.2, 0) is 12.7 Å². The van der Waals surface area contributed by atoms with Gasteiger partial charge in [-0.25, -0.2) is 0 Å². The molecule has 1 fully saturated rings. The lowest BCUT2D eigenvalue weighted by Crippen LogP contribution is -2.33. The Hall–Kier alpha value is -1.23. The minimum Gasteiger partial charge on any atom is -0.371 e. The van der Waals surface area contributed by atoms with Crippen LogP contribution in [0.5, 0.6) is 0 Å². The Kier molecular flexibility index (Phi) is 4.58. The van der Waals surface area contributed by atoms with Gasteiger partial charge in [0.2, 0.25) is 0 Å². The SMILES string of the molecule is CCN(CC1CCC1)c1ccc(CN)cc1C(F)(F)F. The molecule has 0 atom stereocenters. The van der Waals surface area contributed by atoms with Gasteiger partial charge in [0, 0.05) is 25.3 Å². The average molecular weight is 286 g/mol. The largest absolute Gasteiger partial charge is 0.418 e. The second-order valence-electron chi connectivity index (χ2n) is 5.39. The van der Waals surface area contributed by atoms with Crippen LogP contribution in [0, 0.1) is 5.92 Å². The maximum Gasteiger partial charge on any atom is 0.418 e. The molecule has 0 radical (unpaired) electrons. The third-order valence-electron chi connectivity index (χ3n) is 4.03. The van der Waals surface area contributed by atoms with Crippen LogP contribution in [-0.4, -0.2) is 13.1 Å². The quantitative estimate of drug-likeness (QED) is 0.892. The molecule has 2 nitrogen and oxygen atoms in total. The van der Waals surface area contributed by atoms with Crippen molar-refractivity contribution in [3.05, 3.63) is 29.3 Å². The smallest absolute Gasteiger partial charge is 0.371 e. The Morgan fingerprint density at radius 1 is 1.30 bits per heavy atom. The van der Waals surface area contributed by atoms with Crippen LogP contribution in [0.4, 0.5) is 18.9 Å². The molecule has 1 aromatic carbocycles. The lowest BCUT2D eigenvalue weighted by molar-refractivity contribution is -0.137. The predicted octanol–water partition coefficient (Wildman–Crippen LogP) is 3.79. The van der Waals surface area contributed by atoms with Crippen LogP contribution < -0.4 is 10.6 Å². The summed E-state index contributed by atoms with van der Waals surface area (Å²) in [5.41, 5.74) is 5.68. The van der Waals surface area contributed by atoms with Crippen LogP contribution in [0.2, 0.25) is 0 Å². The number of nitrogens with two attached hydrogens (primary N) is 1. The average Bonchev–Trinajstić information content (AvgIpc) is 2.36. The van der Waals surface area contributed by atoms with Crippen LogP contribution in [0.25, 0.3) is 0 Å². The summed E-state index contributed by atoms with van der Waals surface area (Å²) >= 11 is 0. The van der Waals surface area contributed by atoms with E-state index in [-0.39, 0.29) is 12.2 Å². The first kappa shape index (κ1) is 15.2. The van der Waals surface area contributed by atoms with E-state index >= 15 is 0 Å². The first-order valence-corrected chi connectivity index (χ1v) is 7.10. The minimum atomic E-state index is -4.34. The van der Waals surface area contributed by atoms with Crippen molar-refractivity contribution in [2.24, 2.45) is 11.7 Å². The predicted molar refractivity (Wildman–Crippen MR) is 74.6 cm³/mol. The van der Waals surface area contributed by atoms with E-state index in [1.54, 1.807) is 12.1 Å². The third kappa shape index (κ3) is 3.26. The third-order valence-corrected chi connectivity index (χ3v) is 4.03. The number of anilines is 1. The van der Waals surface area contributed by atoms with Gasteiger partial charge in [-0.05, 0) is 43.4 Å². The molecule has 20 heavy (non-hydrogen) atoms. The van der Waals surface area contributed by atoms with E-state index in [0.29, 0.717) is 24.6 Å². The molecule has 0 aromatic heterocycles. The molecule has 0 unspecified atom stereocenters. The van der Waals surface area contributed by atoms with E-state index in [2.05, 4.69) is 0 Å². The molecular weight excluding hydrogens is 265 g/mol. The Morgan fingerprint density at radius 2 is 2.00 bits per heavy atom. The van der Waals surface area contributed by atoms with Crippen molar-refractivity contribution in [3.8, 4) is 0 Å². The van der Waals surface area contributed by atoms with Crippen molar-refractivity contribution in [2.75, 3.05) is 18.0 Å². The van der Waals surface area contributed by atoms with Gasteiger partial charge in [-0.2, -0.15) is 13.2 Å². The maximum atomic E-state index is 13.2. The first-order valence-electron chi connectivity index (χ1n) is 7.10. The van der Waals surface area contributed by atoms with Crippen molar-refractivity contribution < 1.29 is 13.2 Å². The van der Waals surface area contributed by atoms with E-state index in [1.165, 1.54) is 12.5 Å². The van der Waals surface area contributed by atoms with Crippen LogP contribution in [0.3, 0.4) is 0 Å². The summed E-state index contributed by atoms with van der Waals surface area (Å²) in [5.74, 6) is 0.533. The molecule has 0 spiro atoms. The fourth-order valence-electron chi connectivity index (χ4n) is 2.60. The van der Waals surface area contributed by atoms with Gasteiger partial charge in [0.05, 0.1) is 5.56 Å². The van der Waals surface area contributed by atoms with Crippen molar-refractivity contribution in [3.63, 3.8) is 0 Å². The number of hydrogen-bond donors (Lipinski definition) is 1. The highest BCUT2D eigenvalue weighted by Gasteiger charge is 2.35. The number of hydrogen-bond acceptors (Lipinski definition) is 2. The number of alkyl halides is 3. The molecule has 1 aliphatic rings. The molecule has 1 saturated carbocycles. The van der Waals surface area contributed by atoms with Gasteiger partial charge >= 0.3 is 6.18 Å². The summed E-state index contributed by atoms with van der Waals surface area (Å²) in [5, 5.41) is 0. The molecule has 5 heteroatoms. The summed E-state index contributed by atoms with van der Waals surface area (Å²) in [4.78, 5) is 1.84. The lowest BCUT2D eigenvalue weighted by atomic mass is 9.85. The molecule has 1 aromatic rings. The Labute approximate surface area is 117 Å². The highest BCUT2D eigenvalue weighted by Crippen LogP contribution is 2.38. The van der Waals surface area contributed by atoms with Crippen molar-refractivity contribution >= 4 is 5.69 Å². The Morgan fingerprint density at radius 3 is 2.45 bits per heavy atom. The summed E-state index contributed by atoms with van der Waals surface area (Å²) in [6, 6.07) is 4.43. The van der Waals surface area contributed by atoms with Gasteiger partial charge < -0.3 is 10.6 Å². The molecule has 2 N–H and O–H groups in total. The minimum absolute atomic E-state index is 0.123. The molecule has 1 aliphatic carbocycles. The standard InChI is InChI=1S/C15H21F3N2/c1-2-20(10-11-4-3-5-11)14-7-6-12(9-19)8-13(14)15(16,17)18/h6-8,11H,2-5,9-10,19H2,1H3. The maximum absolute atomic E-state index is 13.2. The van der Waals surface area contributed by atoms with E-state index in [4.69, 9.17) is 5.73 Å². The molecule has 0 amide bonds. The Bertz CT molecular complexity index is 453. The van der Waals surface area contributed by atoms with E-state index in [1.807, 2.05) is 11.8 Å². The number of benzene rings is 1. The fourth-order valence-corrected chi connectivity index (χ4v) is 2.60. The van der Waals surface area contributed by atoms with E-state index < -0.39 is 11.7 Å². The topological polar surface area (TPSA) is 29.3 Å². The summed E-state index contributed by atoms with van der Waals surface area (Å²) in [6.07, 6.45) is -0.897. The number of rotatable bonds is 5. The molecule has 0 saturated heterocycles. The monoisotopic (exact) mass is 286 g/mol. The van der Waals surface area contributed by atoms with Gasteiger partial charge in [-0.3, -0.25) is 0 Å². The van der Waals surface area contributed by atoms with E-state index in [9.17, 15) is 13.2 Å². The zero-order valence-corrected chi connectivity index (χ0v) is 11.7. The zero-order chi connectivity index (χ0) is 14.8. The van der Waals surface area contributed by atoms with Crippen molar-refractivity contribution in [1.82, 2.24) is 0 Å². The summed E-state index contributed by atoms with van der Waals surface area (Å²) < 4.78 is 39.7. The zero-order valence-electron chi connectivity index (χ0n) is 11.7. The van der Waals surface area contributed by atoms with Gasteiger partial charge in [0.15, 0.2) is 0 Å². The number of nitrogens with zero attached hydrogens (tertiary/aromatic N) is 1. The highest BCUT2D eigenvalue weighted by atomic mass is 19.4. The molecule has 0 bridgehead atoms. The fraction of sp³-hybridized carbons (Fsp3) is 0.600. The molecule has 2 rings (SSSR count). The molecular formula is C15H21F3N2. The van der Waals surface area contributed by atoms with E-state index in [0.717, 1.165) is 12.8 Å². The van der Waals surface area contributed by atoms with Gasteiger partial charge in [-0.15, -0.1) is 0 Å². The van der Waals surface area contributed by atoms with Crippen LogP contribution in [0.1, 0.15) is 37.3 Å². The van der Waals surface area contributed by atoms with Gasteiger partial charge in [-0.1, -0.05) is 12.5 Å². The summed E-state index contributed by atoms with van der Waals surface area (Å²) in [6.45, 7) is 3.32. The van der Waals surface area contributed by atoms with Crippen molar-refractivity contribution in [2.45, 2.75) is 38.9 Å². The van der Waals surface area contributed by atoms with Crippen LogP contribution >= 0.6 is 0 Å². The first-order chi connectivity index (χ1) is 9.45. The highest BCUT2D eigenvalue weighted by molar-refractivity contribution is 5.56. The summed E-state index contributed by atoms with van der Waals surface area (Å²) in [7, 11) is 0. The number of halogens is 3. The second kappa shape index (κ2) is 6.04. The lowest BCUT2D eigenvalue weighted by Gasteiger charge is -2.34.